The van der Waals surface area contributed by atoms with Crippen LogP contribution in [0.15, 0.2) is 82.6 Å². The molecule has 0 heterocycles. The predicted molar refractivity (Wildman–Crippen MR) is 103 cm³/mol. The lowest BCUT2D eigenvalue weighted by atomic mass is 10.1. The highest BCUT2D eigenvalue weighted by atomic mass is 32.2. The number of carbonyl (C=O) groups excluding carboxylic acids is 1. The summed E-state index contributed by atoms with van der Waals surface area (Å²) >= 11 is 1.17. The number of anilines is 1. The molecule has 148 valence electrons. The minimum Gasteiger partial charge on any atom is -0.322 e. The molecule has 0 saturated carbocycles. The Kier molecular flexibility index (Phi) is 5.88. The van der Waals surface area contributed by atoms with E-state index in [9.17, 15) is 28.1 Å². The molecule has 3 rings (SSSR count). The van der Waals surface area contributed by atoms with Crippen molar-refractivity contribution < 1.29 is 22.9 Å². The first-order valence-corrected chi connectivity index (χ1v) is 9.05. The number of carbonyl (C=O) groups is 1. The lowest BCUT2D eigenvalue weighted by Gasteiger charge is -2.10. The van der Waals surface area contributed by atoms with Crippen LogP contribution >= 0.6 is 11.8 Å². The fraction of sp³-hybridized carbons (Fsp3) is 0.0500. The van der Waals surface area contributed by atoms with Gasteiger partial charge in [0.2, 0.25) is 0 Å². The molecule has 9 heteroatoms. The van der Waals surface area contributed by atoms with Gasteiger partial charge in [-0.3, -0.25) is 14.9 Å². The average molecular weight is 418 g/mol. The molecule has 0 saturated heterocycles. The summed E-state index contributed by atoms with van der Waals surface area (Å²) in [6, 6.07) is 17.1. The van der Waals surface area contributed by atoms with Gasteiger partial charge in [0.15, 0.2) is 0 Å². The Morgan fingerprint density at radius 2 is 1.69 bits per heavy atom. The van der Waals surface area contributed by atoms with E-state index in [-0.39, 0.29) is 16.9 Å². The molecule has 29 heavy (non-hydrogen) atoms. The number of nitro benzene ring substituents is 1. The molecule has 1 amide bonds. The highest BCUT2D eigenvalue weighted by Gasteiger charge is 2.30. The van der Waals surface area contributed by atoms with Gasteiger partial charge in [0.05, 0.1) is 15.4 Å². The molecule has 5 nitrogen and oxygen atoms in total. The van der Waals surface area contributed by atoms with Crippen LogP contribution in [0.25, 0.3) is 0 Å². The standard InChI is InChI=1S/C20H13F3N2O3S/c21-20(22,23)14-5-4-6-15(12-14)24-19(26)13-9-10-18(17(11-13)25(27)28)29-16-7-2-1-3-8-16/h1-12H,(H,24,26). The fourth-order valence-electron chi connectivity index (χ4n) is 2.48. The highest BCUT2D eigenvalue weighted by Crippen LogP contribution is 2.35. The third-order valence-corrected chi connectivity index (χ3v) is 4.91. The van der Waals surface area contributed by atoms with Crippen molar-refractivity contribution in [3.05, 3.63) is 94.0 Å². The molecule has 0 aliphatic carbocycles. The first-order chi connectivity index (χ1) is 13.7. The van der Waals surface area contributed by atoms with Gasteiger partial charge in [-0.25, -0.2) is 0 Å². The third kappa shape index (κ3) is 5.14. The van der Waals surface area contributed by atoms with Gasteiger partial charge in [-0.15, -0.1) is 0 Å². The summed E-state index contributed by atoms with van der Waals surface area (Å²) in [6.45, 7) is 0. The average Bonchev–Trinajstić information content (AvgIpc) is 2.68. The molecule has 0 radical (unpaired) electrons. The Hall–Kier alpha value is -3.33. The predicted octanol–water partition coefficient (Wildman–Crippen LogP) is 6.02. The molecule has 0 bridgehead atoms. The second-order valence-electron chi connectivity index (χ2n) is 5.89. The number of nitro groups is 1. The number of nitrogens with one attached hydrogen (secondary N) is 1. The molecule has 1 N–H and O–H groups in total. The van der Waals surface area contributed by atoms with Crippen LogP contribution in [-0.4, -0.2) is 10.8 Å². The van der Waals surface area contributed by atoms with Crippen molar-refractivity contribution in [2.24, 2.45) is 0 Å². The van der Waals surface area contributed by atoms with Gasteiger partial charge in [0, 0.05) is 22.2 Å². The topological polar surface area (TPSA) is 72.2 Å². The van der Waals surface area contributed by atoms with E-state index in [0.717, 1.165) is 23.1 Å². The van der Waals surface area contributed by atoms with Gasteiger partial charge >= 0.3 is 6.18 Å². The van der Waals surface area contributed by atoms with Crippen LogP contribution in [0.2, 0.25) is 0 Å². The summed E-state index contributed by atoms with van der Waals surface area (Å²) in [7, 11) is 0. The van der Waals surface area contributed by atoms with Crippen molar-refractivity contribution in [1.82, 2.24) is 0 Å². The second kappa shape index (κ2) is 8.36. The van der Waals surface area contributed by atoms with Crippen molar-refractivity contribution in [3.63, 3.8) is 0 Å². The largest absolute Gasteiger partial charge is 0.416 e. The van der Waals surface area contributed by atoms with Crippen molar-refractivity contribution >= 4 is 29.0 Å². The number of amides is 1. The van der Waals surface area contributed by atoms with Gasteiger partial charge in [0.1, 0.15) is 0 Å². The molecule has 0 unspecified atom stereocenters. The Morgan fingerprint density at radius 3 is 2.34 bits per heavy atom. The number of alkyl halides is 3. The van der Waals surface area contributed by atoms with Crippen molar-refractivity contribution in [2.75, 3.05) is 5.32 Å². The summed E-state index contributed by atoms with van der Waals surface area (Å²) in [6.07, 6.45) is -4.55. The summed E-state index contributed by atoms with van der Waals surface area (Å²) < 4.78 is 38.4. The monoisotopic (exact) mass is 418 g/mol. The molecule has 3 aromatic carbocycles. The molecule has 0 aliphatic heterocycles. The first-order valence-electron chi connectivity index (χ1n) is 8.24. The summed E-state index contributed by atoms with van der Waals surface area (Å²) in [4.78, 5) is 24.4. The Labute approximate surface area is 167 Å². The van der Waals surface area contributed by atoms with E-state index in [2.05, 4.69) is 5.32 Å². The molecular weight excluding hydrogens is 405 g/mol. The zero-order valence-corrected chi connectivity index (χ0v) is 15.5. The van der Waals surface area contributed by atoms with Gasteiger partial charge in [-0.05, 0) is 42.5 Å². The lowest BCUT2D eigenvalue weighted by molar-refractivity contribution is -0.387. The van der Waals surface area contributed by atoms with Crippen molar-refractivity contribution in [1.29, 1.82) is 0 Å². The van der Waals surface area contributed by atoms with E-state index in [4.69, 9.17) is 0 Å². The van der Waals surface area contributed by atoms with E-state index in [0.29, 0.717) is 4.90 Å². The van der Waals surface area contributed by atoms with E-state index >= 15 is 0 Å². The Balaban J connectivity index is 1.84. The van der Waals surface area contributed by atoms with Crippen molar-refractivity contribution in [3.8, 4) is 0 Å². The maximum Gasteiger partial charge on any atom is 0.416 e. The molecule has 0 fully saturated rings. The maximum absolute atomic E-state index is 12.8. The quantitative estimate of drug-likeness (QED) is 0.406. The minimum atomic E-state index is -4.55. The van der Waals surface area contributed by atoms with Gasteiger partial charge < -0.3 is 5.32 Å². The van der Waals surface area contributed by atoms with Gasteiger partial charge in [-0.1, -0.05) is 36.0 Å². The molecule has 0 spiro atoms. The smallest absolute Gasteiger partial charge is 0.322 e. The van der Waals surface area contributed by atoms with E-state index in [1.54, 1.807) is 24.3 Å². The van der Waals surface area contributed by atoms with E-state index in [1.807, 2.05) is 6.07 Å². The summed E-state index contributed by atoms with van der Waals surface area (Å²) in [5, 5.41) is 13.8. The van der Waals surface area contributed by atoms with Gasteiger partial charge in [0.25, 0.3) is 11.6 Å². The lowest BCUT2D eigenvalue weighted by Crippen LogP contribution is -2.13. The molecule has 0 aliphatic rings. The Bertz CT molecular complexity index is 1060. The number of benzene rings is 3. The Morgan fingerprint density at radius 1 is 0.966 bits per heavy atom. The van der Waals surface area contributed by atoms with E-state index in [1.165, 1.54) is 36.0 Å². The zero-order valence-electron chi connectivity index (χ0n) is 14.6. The number of hydrogen-bond acceptors (Lipinski definition) is 4. The molecule has 0 aromatic heterocycles. The zero-order chi connectivity index (χ0) is 21.0. The van der Waals surface area contributed by atoms with Crippen LogP contribution in [-0.2, 0) is 6.18 Å². The SMILES string of the molecule is O=C(Nc1cccc(C(F)(F)F)c1)c1ccc(Sc2ccccc2)c([N+](=O)[O-])c1. The number of rotatable bonds is 5. The minimum absolute atomic E-state index is 0.0356. The number of hydrogen-bond donors (Lipinski definition) is 1. The highest BCUT2D eigenvalue weighted by molar-refractivity contribution is 7.99. The number of nitrogens with zero attached hydrogens (tertiary/aromatic N) is 1. The maximum atomic E-state index is 12.8. The summed E-state index contributed by atoms with van der Waals surface area (Å²) in [5.41, 5.74) is -1.27. The van der Waals surface area contributed by atoms with Crippen LogP contribution in [0.4, 0.5) is 24.5 Å². The molecule has 3 aromatic rings. The van der Waals surface area contributed by atoms with Crippen LogP contribution < -0.4 is 5.32 Å². The normalized spacial score (nSPS) is 11.1. The van der Waals surface area contributed by atoms with E-state index < -0.39 is 22.6 Å². The summed E-state index contributed by atoms with van der Waals surface area (Å²) in [5.74, 6) is -0.747. The second-order valence-corrected chi connectivity index (χ2v) is 7.00. The third-order valence-electron chi connectivity index (χ3n) is 3.84. The van der Waals surface area contributed by atoms with Crippen molar-refractivity contribution in [2.45, 2.75) is 16.0 Å². The van der Waals surface area contributed by atoms with Crippen LogP contribution in [0.3, 0.4) is 0 Å². The fourth-order valence-corrected chi connectivity index (χ4v) is 3.40. The van der Waals surface area contributed by atoms with Crippen LogP contribution in [0.1, 0.15) is 15.9 Å². The van der Waals surface area contributed by atoms with Gasteiger partial charge in [-0.2, -0.15) is 13.2 Å². The molecular formula is C20H13F3N2O3S. The molecule has 0 atom stereocenters. The number of halogens is 3. The van der Waals surface area contributed by atoms with Crippen LogP contribution in [0, 0.1) is 10.1 Å². The first kappa shape index (κ1) is 20.4. The van der Waals surface area contributed by atoms with Crippen LogP contribution in [0.5, 0.6) is 0 Å².